The van der Waals surface area contributed by atoms with Gasteiger partial charge in [0.2, 0.25) is 0 Å². The molecule has 3 rings (SSSR count). The minimum atomic E-state index is -1.19. The van der Waals surface area contributed by atoms with Gasteiger partial charge in [0.25, 0.3) is 0 Å². The predicted molar refractivity (Wildman–Crippen MR) is 112 cm³/mol. The first kappa shape index (κ1) is 30.8. The maximum atomic E-state index is 10.3. The summed E-state index contributed by atoms with van der Waals surface area (Å²) in [6.07, 6.45) is 0. The molecule has 0 unspecified atom stereocenters. The topological polar surface area (TPSA) is 148 Å². The zero-order valence-electron chi connectivity index (χ0n) is 18.4. The van der Waals surface area contributed by atoms with Gasteiger partial charge in [-0.15, -0.1) is 0 Å². The summed E-state index contributed by atoms with van der Waals surface area (Å²) in [4.78, 5) is 30.9. The van der Waals surface area contributed by atoms with Crippen LogP contribution >= 0.6 is 0 Å². The van der Waals surface area contributed by atoms with Crippen molar-refractivity contribution in [2.75, 3.05) is 21.3 Å². The molecule has 0 radical (unpaired) electrons. The molecule has 0 fully saturated rings. The van der Waals surface area contributed by atoms with Gasteiger partial charge < -0.3 is 43.9 Å². The van der Waals surface area contributed by atoms with Crippen LogP contribution in [0, 0.1) is 38.6 Å². The van der Waals surface area contributed by atoms with E-state index in [0.717, 1.165) is 0 Å². The fraction of sp³-hybridized carbons (Fsp3) is 0.125. The van der Waals surface area contributed by atoms with E-state index in [2.05, 4.69) is 0 Å². The van der Waals surface area contributed by atoms with Gasteiger partial charge in [-0.2, -0.15) is 0 Å². The third kappa shape index (κ3) is 11.1. The number of rotatable bonds is 6. The first-order chi connectivity index (χ1) is 15.7. The number of benzene rings is 3. The second-order valence-corrected chi connectivity index (χ2v) is 6.06. The molecule has 34 heavy (non-hydrogen) atoms. The van der Waals surface area contributed by atoms with E-state index in [0.29, 0.717) is 17.2 Å². The Morgan fingerprint density at radius 3 is 0.941 bits per heavy atom. The van der Waals surface area contributed by atoms with Crippen LogP contribution in [0.15, 0.2) is 72.8 Å². The molecule has 3 aromatic carbocycles. The molecule has 9 nitrogen and oxygen atoms in total. The van der Waals surface area contributed by atoms with Crippen molar-refractivity contribution in [3.63, 3.8) is 0 Å². The van der Waals surface area contributed by atoms with Gasteiger partial charge in [0.1, 0.15) is 17.2 Å². The first-order valence-corrected chi connectivity index (χ1v) is 9.28. The molecular formula is C24H21O9Tb. The summed E-state index contributed by atoms with van der Waals surface area (Å²) in [5, 5.41) is 30.9. The fourth-order valence-electron chi connectivity index (χ4n) is 2.25. The van der Waals surface area contributed by atoms with Gasteiger partial charge in [-0.25, -0.2) is 0 Å². The van der Waals surface area contributed by atoms with E-state index in [-0.39, 0.29) is 55.3 Å². The molecule has 0 aliphatic carbocycles. The van der Waals surface area contributed by atoms with Crippen molar-refractivity contribution in [3.05, 3.63) is 89.5 Å². The smallest absolute Gasteiger partial charge is 0.545 e. The van der Waals surface area contributed by atoms with Crippen LogP contribution in [0.5, 0.6) is 17.2 Å². The van der Waals surface area contributed by atoms with Crippen LogP contribution in [-0.2, 0) is 0 Å². The molecule has 0 heterocycles. The molecule has 180 valence electrons. The number of hydrogen-bond acceptors (Lipinski definition) is 9. The number of ether oxygens (including phenoxy) is 3. The van der Waals surface area contributed by atoms with E-state index in [4.69, 9.17) is 14.2 Å². The van der Waals surface area contributed by atoms with E-state index in [1.807, 2.05) is 0 Å². The quantitative estimate of drug-likeness (QED) is 0.380. The maximum Gasteiger partial charge on any atom is 3.00 e. The standard InChI is InChI=1S/3C8H8O3.Tb/c3*1-11-7-4-2-3-6(5-7)8(9)10;/h3*2-5H,1H3,(H,9,10);/q;;;+3/p-3. The van der Waals surface area contributed by atoms with Gasteiger partial charge in [-0.3, -0.25) is 0 Å². The molecule has 0 aliphatic rings. The van der Waals surface area contributed by atoms with E-state index in [1.165, 1.54) is 57.7 Å². The molecule has 0 amide bonds. The molecular weight excluding hydrogens is 591 g/mol. The summed E-state index contributed by atoms with van der Waals surface area (Å²) in [6.45, 7) is 0. The Bertz CT molecular complexity index is 947. The van der Waals surface area contributed by atoms with Crippen molar-refractivity contribution in [3.8, 4) is 17.2 Å². The number of carbonyl (C=O) groups excluding carboxylic acids is 3. The fourth-order valence-corrected chi connectivity index (χ4v) is 2.25. The summed E-state index contributed by atoms with van der Waals surface area (Å²) in [5.41, 5.74) is 0.387. The van der Waals surface area contributed by atoms with Crippen molar-refractivity contribution >= 4 is 17.9 Å². The van der Waals surface area contributed by atoms with E-state index < -0.39 is 17.9 Å². The Hall–Kier alpha value is -3.24. The molecule has 0 N–H and O–H groups in total. The Morgan fingerprint density at radius 1 is 0.529 bits per heavy atom. The van der Waals surface area contributed by atoms with Crippen molar-refractivity contribution < 1.29 is 82.5 Å². The largest absolute Gasteiger partial charge is 3.00 e. The first-order valence-electron chi connectivity index (χ1n) is 9.28. The van der Waals surface area contributed by atoms with Crippen molar-refractivity contribution in [1.29, 1.82) is 0 Å². The SMILES string of the molecule is COc1cccc(C(=O)[O-])c1.COc1cccc(C(=O)[O-])c1.COc1cccc(C(=O)[O-])c1.[Tb+3]. The van der Waals surface area contributed by atoms with Gasteiger partial charge in [0, 0.05) is 16.7 Å². The number of carboxylic acids is 3. The van der Waals surface area contributed by atoms with Crippen LogP contribution in [0.25, 0.3) is 0 Å². The van der Waals surface area contributed by atoms with Crippen LogP contribution in [0.3, 0.4) is 0 Å². The van der Waals surface area contributed by atoms with Crippen molar-refractivity contribution in [1.82, 2.24) is 0 Å². The zero-order chi connectivity index (χ0) is 24.8. The van der Waals surface area contributed by atoms with Gasteiger partial charge in [0.05, 0.1) is 39.2 Å². The monoisotopic (exact) mass is 612 g/mol. The zero-order valence-corrected chi connectivity index (χ0v) is 20.6. The second kappa shape index (κ2) is 16.4. The normalized spacial score (nSPS) is 8.91. The number of carbonyl (C=O) groups is 3. The molecule has 0 saturated carbocycles. The Balaban J connectivity index is 0.000000473. The summed E-state index contributed by atoms with van der Waals surface area (Å²) in [5.74, 6) is -2.01. The van der Waals surface area contributed by atoms with Crippen LogP contribution in [-0.4, -0.2) is 39.2 Å². The Kier molecular flexibility index (Phi) is 14.8. The minimum absolute atomic E-state index is 0. The predicted octanol–water partition coefficient (Wildman–Crippen LogP) is 0.176. The van der Waals surface area contributed by atoms with Crippen LogP contribution in [0.2, 0.25) is 0 Å². The molecule has 0 bridgehead atoms. The van der Waals surface area contributed by atoms with Gasteiger partial charge in [0.15, 0.2) is 0 Å². The van der Waals surface area contributed by atoms with Crippen LogP contribution in [0.1, 0.15) is 31.1 Å². The average Bonchev–Trinajstić information content (AvgIpc) is 2.84. The summed E-state index contributed by atoms with van der Waals surface area (Å²) < 4.78 is 14.4. The number of hydrogen-bond donors (Lipinski definition) is 0. The third-order valence-electron chi connectivity index (χ3n) is 3.92. The molecule has 0 aliphatic heterocycles. The Labute approximate surface area is 227 Å². The van der Waals surface area contributed by atoms with E-state index in [9.17, 15) is 29.7 Å². The molecule has 0 spiro atoms. The second-order valence-electron chi connectivity index (χ2n) is 6.06. The average molecular weight is 612 g/mol. The summed E-state index contributed by atoms with van der Waals surface area (Å²) >= 11 is 0. The molecule has 0 saturated heterocycles. The Morgan fingerprint density at radius 2 is 0.765 bits per heavy atom. The number of carboxylic acid groups (broad SMARTS) is 3. The van der Waals surface area contributed by atoms with Crippen LogP contribution < -0.4 is 29.5 Å². The van der Waals surface area contributed by atoms with Crippen molar-refractivity contribution in [2.45, 2.75) is 0 Å². The molecule has 3 aromatic rings. The van der Waals surface area contributed by atoms with Gasteiger partial charge in [-0.05, 0) is 36.4 Å². The minimum Gasteiger partial charge on any atom is -0.545 e. The van der Waals surface area contributed by atoms with Crippen molar-refractivity contribution in [2.24, 2.45) is 0 Å². The summed E-state index contributed by atoms with van der Waals surface area (Å²) in [6, 6.07) is 18.4. The van der Waals surface area contributed by atoms with Gasteiger partial charge >= 0.3 is 38.6 Å². The third-order valence-corrected chi connectivity index (χ3v) is 3.92. The number of methoxy groups -OCH3 is 3. The molecule has 0 atom stereocenters. The summed E-state index contributed by atoms with van der Waals surface area (Å²) in [7, 11) is 4.44. The van der Waals surface area contributed by atoms with Crippen LogP contribution in [0.4, 0.5) is 0 Å². The van der Waals surface area contributed by atoms with E-state index >= 15 is 0 Å². The molecule has 10 heteroatoms. The van der Waals surface area contributed by atoms with E-state index in [1.54, 1.807) is 36.4 Å². The molecule has 0 aromatic heterocycles. The van der Waals surface area contributed by atoms with Gasteiger partial charge in [-0.1, -0.05) is 36.4 Å². The number of aromatic carboxylic acids is 3. The maximum absolute atomic E-state index is 10.3.